The van der Waals surface area contributed by atoms with Gasteiger partial charge in [-0.1, -0.05) is 30.7 Å². The molecule has 0 saturated carbocycles. The molecule has 1 atom stereocenters. The number of carbonyl (C=O) groups is 1. The molecule has 6 nitrogen and oxygen atoms in total. The van der Waals surface area contributed by atoms with Crippen molar-refractivity contribution < 1.29 is 19.9 Å². The summed E-state index contributed by atoms with van der Waals surface area (Å²) in [5.41, 5.74) is 9.94. The van der Waals surface area contributed by atoms with Crippen LogP contribution >= 0.6 is 0 Å². The van der Waals surface area contributed by atoms with Crippen LogP contribution in [0.3, 0.4) is 0 Å². The molecule has 0 radical (unpaired) electrons. The van der Waals surface area contributed by atoms with Crippen LogP contribution in [0.2, 0.25) is 6.32 Å². The van der Waals surface area contributed by atoms with E-state index in [1.54, 1.807) is 0 Å². The summed E-state index contributed by atoms with van der Waals surface area (Å²) >= 11 is 0. The van der Waals surface area contributed by atoms with E-state index in [1.165, 1.54) is 11.1 Å². The van der Waals surface area contributed by atoms with E-state index in [0.29, 0.717) is 24.5 Å². The van der Waals surface area contributed by atoms with E-state index in [2.05, 4.69) is 29.2 Å². The first-order valence-corrected chi connectivity index (χ1v) is 10.3. The van der Waals surface area contributed by atoms with Crippen LogP contribution in [0.25, 0.3) is 0 Å². The van der Waals surface area contributed by atoms with Crippen molar-refractivity contribution in [2.75, 3.05) is 19.6 Å². The smallest absolute Gasteiger partial charge is 0.451 e. The summed E-state index contributed by atoms with van der Waals surface area (Å²) in [5, 5.41) is 27.9. The number of nitrogens with zero attached hydrogens (tertiary/aromatic N) is 1. The van der Waals surface area contributed by atoms with E-state index in [-0.39, 0.29) is 18.8 Å². The Morgan fingerprint density at radius 2 is 1.89 bits per heavy atom. The highest BCUT2D eigenvalue weighted by atomic mass is 16.4. The van der Waals surface area contributed by atoms with Gasteiger partial charge in [-0.3, -0.25) is 4.90 Å². The highest BCUT2D eigenvalue weighted by Crippen LogP contribution is 2.39. The molecule has 1 saturated heterocycles. The number of carboxylic acids is 1. The largest absolute Gasteiger partial charge is 0.478 e. The van der Waals surface area contributed by atoms with Gasteiger partial charge in [0, 0.05) is 18.2 Å². The highest BCUT2D eigenvalue weighted by molar-refractivity contribution is 6.40. The van der Waals surface area contributed by atoms with Crippen molar-refractivity contribution in [3.8, 4) is 0 Å². The Morgan fingerprint density at radius 1 is 1.18 bits per heavy atom. The van der Waals surface area contributed by atoms with Crippen LogP contribution in [-0.4, -0.2) is 52.8 Å². The second-order valence-corrected chi connectivity index (χ2v) is 7.96. The van der Waals surface area contributed by atoms with Crippen molar-refractivity contribution in [2.24, 2.45) is 11.7 Å². The lowest BCUT2D eigenvalue weighted by atomic mass is 9.80. The second-order valence-electron chi connectivity index (χ2n) is 7.96. The predicted octanol–water partition coefficient (Wildman–Crippen LogP) is 1.98. The molecule has 1 aromatic carbocycles. The zero-order valence-electron chi connectivity index (χ0n) is 16.4. The minimum Gasteiger partial charge on any atom is -0.478 e. The number of hydrogen-bond donors (Lipinski definition) is 4. The van der Waals surface area contributed by atoms with E-state index in [4.69, 9.17) is 15.8 Å². The summed E-state index contributed by atoms with van der Waals surface area (Å²) in [4.78, 5) is 14.5. The lowest BCUT2D eigenvalue weighted by Crippen LogP contribution is -2.37. The summed E-state index contributed by atoms with van der Waals surface area (Å²) in [6.45, 7) is 2.00. The predicted molar refractivity (Wildman–Crippen MR) is 110 cm³/mol. The van der Waals surface area contributed by atoms with Gasteiger partial charge in [0.25, 0.3) is 0 Å². The number of benzene rings is 1. The summed E-state index contributed by atoms with van der Waals surface area (Å²) in [6, 6.07) is 9.09. The van der Waals surface area contributed by atoms with Crippen molar-refractivity contribution in [1.82, 2.24) is 4.90 Å². The van der Waals surface area contributed by atoms with Gasteiger partial charge in [-0.25, -0.2) is 4.79 Å². The molecule has 7 heteroatoms. The van der Waals surface area contributed by atoms with E-state index < -0.39 is 13.1 Å². The third kappa shape index (κ3) is 4.84. The Kier molecular flexibility index (Phi) is 7.29. The molecule has 152 valence electrons. The normalized spacial score (nSPS) is 21.3. The van der Waals surface area contributed by atoms with Gasteiger partial charge in [0.15, 0.2) is 0 Å². The fraction of sp³-hybridized carbons (Fsp3) is 0.571. The molecule has 5 N–H and O–H groups in total. The van der Waals surface area contributed by atoms with Crippen LogP contribution in [0.4, 0.5) is 0 Å². The van der Waals surface area contributed by atoms with Gasteiger partial charge >= 0.3 is 13.1 Å². The van der Waals surface area contributed by atoms with Crippen molar-refractivity contribution in [3.63, 3.8) is 0 Å². The molecular formula is C21H31BN2O4. The summed E-state index contributed by atoms with van der Waals surface area (Å²) < 4.78 is 0. The Hall–Kier alpha value is -1.67. The van der Waals surface area contributed by atoms with Gasteiger partial charge < -0.3 is 20.9 Å². The molecule has 0 spiro atoms. The maximum Gasteiger partial charge on any atom is 0.451 e. The fourth-order valence-electron chi connectivity index (χ4n) is 4.87. The van der Waals surface area contributed by atoms with Gasteiger partial charge in [-0.05, 0) is 74.1 Å². The third-order valence-corrected chi connectivity index (χ3v) is 6.28. The number of rotatable bonds is 8. The zero-order valence-corrected chi connectivity index (χ0v) is 16.4. The molecule has 0 amide bonds. The quantitative estimate of drug-likeness (QED) is 0.402. The molecule has 1 aliphatic heterocycles. The molecule has 0 bridgehead atoms. The van der Waals surface area contributed by atoms with Crippen LogP contribution in [0, 0.1) is 5.92 Å². The van der Waals surface area contributed by atoms with Crippen LogP contribution in [0.5, 0.6) is 0 Å². The Bertz CT molecular complexity index is 714. The summed E-state index contributed by atoms with van der Waals surface area (Å²) in [7, 11) is -1.36. The van der Waals surface area contributed by atoms with Crippen molar-refractivity contribution in [2.45, 2.75) is 50.9 Å². The van der Waals surface area contributed by atoms with Crippen LogP contribution in [-0.2, 0) is 11.2 Å². The number of nitrogens with two attached hydrogens (primary N) is 1. The second kappa shape index (κ2) is 9.70. The van der Waals surface area contributed by atoms with Gasteiger partial charge in [-0.15, -0.1) is 0 Å². The number of hydrogen-bond acceptors (Lipinski definition) is 5. The minimum absolute atomic E-state index is 0.0167. The molecule has 1 unspecified atom stereocenters. The standard InChI is InChI=1S/C21H31BN2O4/c23-14-17(5-3-11-22(27)28)20(21(25)26)16-9-12-24(13-10-16)19-8-7-15-4-1-2-6-18(15)19/h1-2,4,6,16,19,27-28H,3,5,7-14,23H2,(H,25,26)/b20-17-. The van der Waals surface area contributed by atoms with Gasteiger partial charge in [-0.2, -0.15) is 0 Å². The maximum absolute atomic E-state index is 12.0. The van der Waals surface area contributed by atoms with E-state index >= 15 is 0 Å². The number of fused-ring (bicyclic) bond motifs is 1. The average Bonchev–Trinajstić information content (AvgIpc) is 3.11. The maximum atomic E-state index is 12.0. The first kappa shape index (κ1) is 21.1. The zero-order chi connectivity index (χ0) is 20.1. The topological polar surface area (TPSA) is 107 Å². The molecule has 3 rings (SSSR count). The minimum atomic E-state index is -1.36. The van der Waals surface area contributed by atoms with E-state index in [9.17, 15) is 9.90 Å². The molecular weight excluding hydrogens is 355 g/mol. The molecule has 1 aromatic rings. The SMILES string of the molecule is NC/C(CCCB(O)O)=C(\C(=O)O)C1CCN(C2CCc3ccccc32)CC1. The van der Waals surface area contributed by atoms with Gasteiger partial charge in [0.2, 0.25) is 0 Å². The fourth-order valence-corrected chi connectivity index (χ4v) is 4.87. The number of piperidine rings is 1. The highest BCUT2D eigenvalue weighted by Gasteiger charge is 2.33. The van der Waals surface area contributed by atoms with Crippen molar-refractivity contribution in [3.05, 3.63) is 46.5 Å². The van der Waals surface area contributed by atoms with Crippen LogP contribution in [0.1, 0.15) is 49.3 Å². The number of aryl methyl sites for hydroxylation is 1. The van der Waals surface area contributed by atoms with Crippen LogP contribution < -0.4 is 5.73 Å². The van der Waals surface area contributed by atoms with E-state index in [0.717, 1.165) is 44.3 Å². The van der Waals surface area contributed by atoms with Gasteiger partial charge in [0.05, 0.1) is 0 Å². The van der Waals surface area contributed by atoms with Crippen molar-refractivity contribution in [1.29, 1.82) is 0 Å². The monoisotopic (exact) mass is 386 g/mol. The Morgan fingerprint density at radius 3 is 2.54 bits per heavy atom. The molecule has 2 aliphatic rings. The number of carboxylic acid groups (broad SMARTS) is 1. The summed E-state index contributed by atoms with van der Waals surface area (Å²) in [6.07, 6.45) is 5.18. The van der Waals surface area contributed by atoms with Gasteiger partial charge in [0.1, 0.15) is 0 Å². The molecule has 28 heavy (non-hydrogen) atoms. The van der Waals surface area contributed by atoms with Crippen molar-refractivity contribution >= 4 is 13.1 Å². The number of aliphatic carboxylic acids is 1. The molecule has 1 fully saturated rings. The first-order valence-electron chi connectivity index (χ1n) is 10.3. The average molecular weight is 386 g/mol. The molecule has 0 aromatic heterocycles. The first-order chi connectivity index (χ1) is 13.5. The molecule has 1 aliphatic carbocycles. The Labute approximate surface area is 167 Å². The Balaban J connectivity index is 1.66. The summed E-state index contributed by atoms with van der Waals surface area (Å²) in [5.74, 6) is -0.863. The number of likely N-dealkylation sites (tertiary alicyclic amines) is 1. The lowest BCUT2D eigenvalue weighted by Gasteiger charge is -2.37. The van der Waals surface area contributed by atoms with E-state index in [1.807, 2.05) is 0 Å². The third-order valence-electron chi connectivity index (χ3n) is 6.28. The van der Waals surface area contributed by atoms with Crippen LogP contribution in [0.15, 0.2) is 35.4 Å². The lowest BCUT2D eigenvalue weighted by molar-refractivity contribution is -0.133. The molecule has 1 heterocycles.